The Kier molecular flexibility index (Phi) is 6.30. The van der Waals surface area contributed by atoms with Gasteiger partial charge in [-0.1, -0.05) is 48.0 Å². The number of carbonyl (C=O) groups excluding carboxylic acids is 1. The molecule has 0 saturated carbocycles. The topological polar surface area (TPSA) is 92.4 Å². The van der Waals surface area contributed by atoms with E-state index in [1.165, 1.54) is 11.1 Å². The summed E-state index contributed by atoms with van der Waals surface area (Å²) in [6, 6.07) is 24.5. The van der Waals surface area contributed by atoms with Crippen molar-refractivity contribution < 1.29 is 14.7 Å². The number of para-hydroxylation sites is 1. The largest absolute Gasteiger partial charge is 0.465 e. The number of aryl methyl sites for hydroxylation is 2. The molecule has 0 bridgehead atoms. The van der Waals surface area contributed by atoms with E-state index in [0.717, 1.165) is 52.8 Å². The Morgan fingerprint density at radius 3 is 2.62 bits per heavy atom. The van der Waals surface area contributed by atoms with Crippen LogP contribution in [0.15, 0.2) is 72.8 Å². The fourth-order valence-electron chi connectivity index (χ4n) is 5.64. The van der Waals surface area contributed by atoms with Crippen molar-refractivity contribution in [2.45, 2.75) is 32.4 Å². The summed E-state index contributed by atoms with van der Waals surface area (Å²) in [6.45, 7) is 3.79. The Labute approximate surface area is 226 Å². The predicted molar refractivity (Wildman–Crippen MR) is 152 cm³/mol. The quantitative estimate of drug-likeness (QED) is 0.323. The van der Waals surface area contributed by atoms with Crippen LogP contribution in [0.5, 0.6) is 0 Å². The van der Waals surface area contributed by atoms with Crippen LogP contribution < -0.4 is 5.32 Å². The van der Waals surface area contributed by atoms with Crippen LogP contribution in [-0.2, 0) is 13.6 Å². The van der Waals surface area contributed by atoms with Gasteiger partial charge in [-0.3, -0.25) is 4.79 Å². The minimum absolute atomic E-state index is 0.102. The molecule has 6 rings (SSSR count). The second-order valence-electron chi connectivity index (χ2n) is 10.4. The number of aromatic nitrogens is 3. The molecule has 2 N–H and O–H groups in total. The number of carbonyl (C=O) groups is 2. The zero-order valence-electron chi connectivity index (χ0n) is 22.1. The fraction of sp³-hybridized carbons (Fsp3) is 0.258. The van der Waals surface area contributed by atoms with Gasteiger partial charge >= 0.3 is 6.09 Å². The van der Waals surface area contributed by atoms with Crippen molar-refractivity contribution in [2.75, 3.05) is 13.1 Å². The smallest absolute Gasteiger partial charge is 0.404 e. The van der Waals surface area contributed by atoms with Gasteiger partial charge in [-0.2, -0.15) is 0 Å². The first kappa shape index (κ1) is 24.7. The Morgan fingerprint density at radius 2 is 1.82 bits per heavy atom. The molecule has 1 saturated heterocycles. The number of nitrogens with zero attached hydrogens (tertiary/aromatic N) is 4. The van der Waals surface area contributed by atoms with Gasteiger partial charge in [0.2, 0.25) is 0 Å². The van der Waals surface area contributed by atoms with Crippen LogP contribution in [0.4, 0.5) is 4.79 Å². The summed E-state index contributed by atoms with van der Waals surface area (Å²) in [5, 5.41) is 12.7. The number of hydrogen-bond acceptors (Lipinski definition) is 3. The van der Waals surface area contributed by atoms with Gasteiger partial charge in [0.15, 0.2) is 5.82 Å². The molecule has 0 spiro atoms. The molecule has 1 atom stereocenters. The van der Waals surface area contributed by atoms with Crippen LogP contribution in [0, 0.1) is 6.92 Å². The minimum atomic E-state index is -1.06. The number of nitrogens with one attached hydrogen (secondary N) is 1. The van der Waals surface area contributed by atoms with E-state index in [4.69, 9.17) is 10.1 Å². The molecule has 2 amide bonds. The monoisotopic (exact) mass is 521 g/mol. The van der Waals surface area contributed by atoms with Crippen LogP contribution in [0.3, 0.4) is 0 Å². The summed E-state index contributed by atoms with van der Waals surface area (Å²) in [7, 11) is 2.01. The third-order valence-corrected chi connectivity index (χ3v) is 7.66. The maximum absolute atomic E-state index is 13.3. The number of rotatable bonds is 5. The summed E-state index contributed by atoms with van der Waals surface area (Å²) in [6.07, 6.45) is 0.435. The zero-order valence-corrected chi connectivity index (χ0v) is 22.1. The third-order valence-electron chi connectivity index (χ3n) is 7.66. The van der Waals surface area contributed by atoms with Crippen molar-refractivity contribution in [3.05, 3.63) is 89.5 Å². The van der Waals surface area contributed by atoms with Gasteiger partial charge in [0.25, 0.3) is 5.91 Å². The number of benzene rings is 3. The fourth-order valence-corrected chi connectivity index (χ4v) is 5.64. The number of piperidine rings is 1. The van der Waals surface area contributed by atoms with E-state index in [1.807, 2.05) is 31.3 Å². The van der Waals surface area contributed by atoms with E-state index in [2.05, 4.69) is 69.9 Å². The molecule has 8 heteroatoms. The Hall–Kier alpha value is -4.59. The standard InChI is InChI=1S/C31H31N5O3/c1-20-9-11-21(12-10-20)18-36-26-8-4-3-6-22(26)17-28(36)29-33-25-16-23(13-14-27(25)34(29)2)30(37)35-15-5-7-24(19-35)32-31(38)39/h3-4,6,8-14,16-17,24,32H,5,7,15,18-19H2,1-2H3,(H,38,39)/t24-/m1/s1. The zero-order chi connectivity index (χ0) is 27.1. The second-order valence-corrected chi connectivity index (χ2v) is 10.4. The first-order valence-electron chi connectivity index (χ1n) is 13.3. The van der Waals surface area contributed by atoms with Crippen molar-refractivity contribution in [3.8, 4) is 11.5 Å². The molecule has 1 aliphatic rings. The lowest BCUT2D eigenvalue weighted by atomic mass is 10.0. The lowest BCUT2D eigenvalue weighted by Gasteiger charge is -2.32. The van der Waals surface area contributed by atoms with Gasteiger partial charge < -0.3 is 24.5 Å². The van der Waals surface area contributed by atoms with Crippen LogP contribution in [0.2, 0.25) is 0 Å². The predicted octanol–water partition coefficient (Wildman–Crippen LogP) is 5.42. The van der Waals surface area contributed by atoms with Gasteiger partial charge in [0.1, 0.15) is 0 Å². The first-order valence-corrected chi connectivity index (χ1v) is 13.3. The highest BCUT2D eigenvalue weighted by atomic mass is 16.4. The van der Waals surface area contributed by atoms with E-state index in [-0.39, 0.29) is 11.9 Å². The van der Waals surface area contributed by atoms with Crippen molar-refractivity contribution in [1.82, 2.24) is 24.3 Å². The SMILES string of the molecule is Cc1ccc(Cn2c(-c3nc4cc(C(=O)N5CCC[C@@H](NC(=O)O)C5)ccc4n3C)cc3ccccc32)cc1. The number of carboxylic acid groups (broad SMARTS) is 1. The summed E-state index contributed by atoms with van der Waals surface area (Å²) in [5.41, 5.74) is 6.86. The molecule has 39 heavy (non-hydrogen) atoms. The Bertz CT molecular complexity index is 1700. The van der Waals surface area contributed by atoms with Gasteiger partial charge in [-0.05, 0) is 55.7 Å². The number of amides is 2. The lowest BCUT2D eigenvalue weighted by molar-refractivity contribution is 0.0692. The molecule has 1 fully saturated rings. The summed E-state index contributed by atoms with van der Waals surface area (Å²) in [4.78, 5) is 31.2. The normalized spacial score (nSPS) is 15.6. The number of imidazole rings is 1. The van der Waals surface area contributed by atoms with Gasteiger partial charge in [0.05, 0.1) is 16.7 Å². The average molecular weight is 522 g/mol. The molecule has 1 aliphatic heterocycles. The Balaban J connectivity index is 1.36. The van der Waals surface area contributed by atoms with Crippen molar-refractivity contribution in [1.29, 1.82) is 0 Å². The van der Waals surface area contributed by atoms with E-state index in [9.17, 15) is 9.59 Å². The average Bonchev–Trinajstić information content (AvgIpc) is 3.46. The van der Waals surface area contributed by atoms with E-state index in [1.54, 1.807) is 4.90 Å². The maximum Gasteiger partial charge on any atom is 0.404 e. The summed E-state index contributed by atoms with van der Waals surface area (Å²) >= 11 is 0. The molecule has 8 nitrogen and oxygen atoms in total. The molecular weight excluding hydrogens is 490 g/mol. The Morgan fingerprint density at radius 1 is 1.03 bits per heavy atom. The molecule has 0 radical (unpaired) electrons. The molecule has 0 aliphatic carbocycles. The number of likely N-dealkylation sites (tertiary alicyclic amines) is 1. The molecule has 198 valence electrons. The van der Waals surface area contributed by atoms with Crippen LogP contribution in [-0.4, -0.2) is 55.3 Å². The molecule has 5 aromatic rings. The highest BCUT2D eigenvalue weighted by molar-refractivity contribution is 5.98. The van der Waals surface area contributed by atoms with Crippen LogP contribution in [0.1, 0.15) is 34.3 Å². The van der Waals surface area contributed by atoms with E-state index >= 15 is 0 Å². The first-order chi connectivity index (χ1) is 18.9. The molecule has 2 aromatic heterocycles. The summed E-state index contributed by atoms with van der Waals surface area (Å²) < 4.78 is 4.38. The second kappa shape index (κ2) is 9.94. The van der Waals surface area contributed by atoms with Crippen molar-refractivity contribution in [3.63, 3.8) is 0 Å². The van der Waals surface area contributed by atoms with Gasteiger partial charge in [-0.25, -0.2) is 9.78 Å². The molecule has 3 aromatic carbocycles. The molecule has 0 unspecified atom stereocenters. The van der Waals surface area contributed by atoms with Crippen LogP contribution in [0.25, 0.3) is 33.5 Å². The van der Waals surface area contributed by atoms with E-state index < -0.39 is 6.09 Å². The van der Waals surface area contributed by atoms with Gasteiger partial charge in [0, 0.05) is 49.2 Å². The molecule has 3 heterocycles. The van der Waals surface area contributed by atoms with Crippen molar-refractivity contribution >= 4 is 33.9 Å². The van der Waals surface area contributed by atoms with Crippen molar-refractivity contribution in [2.24, 2.45) is 7.05 Å². The third kappa shape index (κ3) is 4.74. The minimum Gasteiger partial charge on any atom is -0.465 e. The van der Waals surface area contributed by atoms with Gasteiger partial charge in [-0.15, -0.1) is 0 Å². The maximum atomic E-state index is 13.3. The van der Waals surface area contributed by atoms with E-state index in [0.29, 0.717) is 18.7 Å². The number of fused-ring (bicyclic) bond motifs is 2. The summed E-state index contributed by atoms with van der Waals surface area (Å²) in [5.74, 6) is 0.732. The van der Waals surface area contributed by atoms with Crippen LogP contribution >= 0.6 is 0 Å². The highest BCUT2D eigenvalue weighted by Gasteiger charge is 2.26. The molecular formula is C31H31N5O3. The highest BCUT2D eigenvalue weighted by Crippen LogP contribution is 2.31. The number of hydrogen-bond donors (Lipinski definition) is 2. The lowest BCUT2D eigenvalue weighted by Crippen LogP contribution is -2.49.